The SMILES string of the molecule is N[C@@H](CCc1c(Cl)cccc1Cl)C(=O)O. The van der Waals surface area contributed by atoms with Crippen molar-refractivity contribution in [1.29, 1.82) is 0 Å². The second-order valence-electron chi connectivity index (χ2n) is 3.18. The van der Waals surface area contributed by atoms with Crippen LogP contribution in [0.3, 0.4) is 0 Å². The molecule has 0 bridgehead atoms. The zero-order valence-electron chi connectivity index (χ0n) is 7.91. The standard InChI is InChI=1S/C10H11Cl2NO2/c11-7-2-1-3-8(12)6(7)4-5-9(13)10(14)15/h1-3,9H,4-5,13H2,(H,14,15)/t9-/m0/s1. The molecule has 0 radical (unpaired) electrons. The summed E-state index contributed by atoms with van der Waals surface area (Å²) in [5.74, 6) is -1.02. The summed E-state index contributed by atoms with van der Waals surface area (Å²) in [6, 6.07) is 4.30. The lowest BCUT2D eigenvalue weighted by Crippen LogP contribution is -2.30. The molecular weight excluding hydrogens is 237 g/mol. The average Bonchev–Trinajstić information content (AvgIpc) is 2.16. The van der Waals surface area contributed by atoms with E-state index in [1.807, 2.05) is 0 Å². The third-order valence-electron chi connectivity index (χ3n) is 2.08. The first-order chi connectivity index (χ1) is 7.02. The lowest BCUT2D eigenvalue weighted by atomic mass is 10.1. The van der Waals surface area contributed by atoms with Gasteiger partial charge in [-0.15, -0.1) is 0 Å². The van der Waals surface area contributed by atoms with Crippen molar-refractivity contribution in [2.24, 2.45) is 5.73 Å². The molecule has 0 amide bonds. The van der Waals surface area contributed by atoms with Crippen LogP contribution in [0.1, 0.15) is 12.0 Å². The normalized spacial score (nSPS) is 12.5. The molecule has 3 N–H and O–H groups in total. The van der Waals surface area contributed by atoms with Crippen LogP contribution in [0.2, 0.25) is 10.0 Å². The molecule has 1 aromatic rings. The number of halogens is 2. The molecule has 0 unspecified atom stereocenters. The summed E-state index contributed by atoms with van der Waals surface area (Å²) in [5, 5.41) is 9.69. The van der Waals surface area contributed by atoms with E-state index in [2.05, 4.69) is 0 Å². The van der Waals surface area contributed by atoms with Gasteiger partial charge in [0.25, 0.3) is 0 Å². The molecule has 0 aliphatic rings. The van der Waals surface area contributed by atoms with Crippen molar-refractivity contribution in [1.82, 2.24) is 0 Å². The van der Waals surface area contributed by atoms with Crippen molar-refractivity contribution in [3.05, 3.63) is 33.8 Å². The van der Waals surface area contributed by atoms with E-state index in [1.165, 1.54) is 0 Å². The molecule has 0 saturated carbocycles. The maximum absolute atomic E-state index is 10.5. The number of nitrogens with two attached hydrogens (primary N) is 1. The number of hydrogen-bond acceptors (Lipinski definition) is 2. The van der Waals surface area contributed by atoms with Crippen molar-refractivity contribution in [3.8, 4) is 0 Å². The van der Waals surface area contributed by atoms with Gasteiger partial charge in [0.2, 0.25) is 0 Å². The monoisotopic (exact) mass is 247 g/mol. The second-order valence-corrected chi connectivity index (χ2v) is 4.00. The van der Waals surface area contributed by atoms with E-state index >= 15 is 0 Å². The number of hydrogen-bond donors (Lipinski definition) is 2. The number of carboxylic acid groups (broad SMARTS) is 1. The molecule has 0 saturated heterocycles. The highest BCUT2D eigenvalue weighted by Gasteiger charge is 2.13. The Kier molecular flexibility index (Phi) is 4.39. The minimum atomic E-state index is -1.02. The van der Waals surface area contributed by atoms with Crippen LogP contribution in [0.15, 0.2) is 18.2 Å². The summed E-state index contributed by atoms with van der Waals surface area (Å²) >= 11 is 11.8. The van der Waals surface area contributed by atoms with Crippen molar-refractivity contribution in [2.45, 2.75) is 18.9 Å². The largest absolute Gasteiger partial charge is 0.480 e. The summed E-state index contributed by atoms with van der Waals surface area (Å²) in [4.78, 5) is 10.5. The summed E-state index contributed by atoms with van der Waals surface area (Å²) in [5.41, 5.74) is 6.13. The molecule has 15 heavy (non-hydrogen) atoms. The van der Waals surface area contributed by atoms with Crippen LogP contribution in [-0.2, 0) is 11.2 Å². The fourth-order valence-corrected chi connectivity index (χ4v) is 1.78. The Morgan fingerprint density at radius 1 is 1.40 bits per heavy atom. The quantitative estimate of drug-likeness (QED) is 0.859. The third-order valence-corrected chi connectivity index (χ3v) is 2.79. The first-order valence-corrected chi connectivity index (χ1v) is 5.19. The van der Waals surface area contributed by atoms with E-state index in [1.54, 1.807) is 18.2 Å². The van der Waals surface area contributed by atoms with E-state index in [-0.39, 0.29) is 0 Å². The molecule has 1 rings (SSSR count). The highest BCUT2D eigenvalue weighted by molar-refractivity contribution is 6.35. The van der Waals surface area contributed by atoms with Crippen molar-refractivity contribution in [3.63, 3.8) is 0 Å². The smallest absolute Gasteiger partial charge is 0.320 e. The van der Waals surface area contributed by atoms with Gasteiger partial charge in [0.1, 0.15) is 6.04 Å². The summed E-state index contributed by atoms with van der Waals surface area (Å²) < 4.78 is 0. The molecule has 1 aromatic carbocycles. The average molecular weight is 248 g/mol. The lowest BCUT2D eigenvalue weighted by Gasteiger charge is -2.09. The molecule has 0 aliphatic heterocycles. The van der Waals surface area contributed by atoms with Gasteiger partial charge in [0.05, 0.1) is 0 Å². The molecule has 5 heteroatoms. The Hall–Kier alpha value is -0.770. The Balaban J connectivity index is 2.69. The number of carbonyl (C=O) groups is 1. The van der Waals surface area contributed by atoms with Crippen LogP contribution in [0.5, 0.6) is 0 Å². The Labute approximate surface area is 97.8 Å². The molecule has 3 nitrogen and oxygen atoms in total. The van der Waals surface area contributed by atoms with Crippen molar-refractivity contribution < 1.29 is 9.90 Å². The van der Waals surface area contributed by atoms with Crippen LogP contribution in [-0.4, -0.2) is 17.1 Å². The van der Waals surface area contributed by atoms with Gasteiger partial charge in [-0.3, -0.25) is 4.79 Å². The van der Waals surface area contributed by atoms with Gasteiger partial charge in [-0.1, -0.05) is 29.3 Å². The van der Waals surface area contributed by atoms with Gasteiger partial charge >= 0.3 is 5.97 Å². The zero-order valence-corrected chi connectivity index (χ0v) is 9.42. The van der Waals surface area contributed by atoms with Gasteiger partial charge < -0.3 is 10.8 Å². The summed E-state index contributed by atoms with van der Waals surface area (Å²) in [7, 11) is 0. The van der Waals surface area contributed by atoms with E-state index < -0.39 is 12.0 Å². The maximum atomic E-state index is 10.5. The van der Waals surface area contributed by atoms with Gasteiger partial charge in [0.15, 0.2) is 0 Å². The van der Waals surface area contributed by atoms with E-state index in [9.17, 15) is 4.79 Å². The Bertz CT molecular complexity index is 348. The Morgan fingerprint density at radius 2 is 1.93 bits per heavy atom. The van der Waals surface area contributed by atoms with Crippen molar-refractivity contribution in [2.75, 3.05) is 0 Å². The third kappa shape index (κ3) is 3.38. The number of rotatable bonds is 4. The Morgan fingerprint density at radius 3 is 2.40 bits per heavy atom. The maximum Gasteiger partial charge on any atom is 0.320 e. The van der Waals surface area contributed by atoms with Crippen LogP contribution >= 0.6 is 23.2 Å². The van der Waals surface area contributed by atoms with E-state index in [0.29, 0.717) is 22.9 Å². The topological polar surface area (TPSA) is 63.3 Å². The number of aliphatic carboxylic acids is 1. The predicted octanol–water partition coefficient (Wildman–Crippen LogP) is 2.34. The predicted molar refractivity (Wildman–Crippen MR) is 60.4 cm³/mol. The molecule has 0 aromatic heterocycles. The summed E-state index contributed by atoms with van der Waals surface area (Å²) in [6.45, 7) is 0. The first kappa shape index (κ1) is 12.3. The second kappa shape index (κ2) is 5.35. The lowest BCUT2D eigenvalue weighted by molar-refractivity contribution is -0.138. The highest BCUT2D eigenvalue weighted by Crippen LogP contribution is 2.25. The summed E-state index contributed by atoms with van der Waals surface area (Å²) in [6.07, 6.45) is 0.782. The molecule has 82 valence electrons. The molecular formula is C10H11Cl2NO2. The zero-order chi connectivity index (χ0) is 11.4. The van der Waals surface area contributed by atoms with Gasteiger partial charge in [-0.05, 0) is 30.5 Å². The molecule has 0 aliphatic carbocycles. The van der Waals surface area contributed by atoms with Gasteiger partial charge in [-0.2, -0.15) is 0 Å². The molecule has 0 spiro atoms. The van der Waals surface area contributed by atoms with Crippen LogP contribution in [0.4, 0.5) is 0 Å². The van der Waals surface area contributed by atoms with Crippen molar-refractivity contribution >= 4 is 29.2 Å². The van der Waals surface area contributed by atoms with Crippen LogP contribution in [0, 0.1) is 0 Å². The molecule has 0 fully saturated rings. The number of carboxylic acids is 1. The molecule has 0 heterocycles. The molecule has 1 atom stereocenters. The fraction of sp³-hybridized carbons (Fsp3) is 0.300. The van der Waals surface area contributed by atoms with E-state index in [0.717, 1.165) is 5.56 Å². The minimum Gasteiger partial charge on any atom is -0.480 e. The minimum absolute atomic E-state index is 0.318. The first-order valence-electron chi connectivity index (χ1n) is 4.43. The van der Waals surface area contributed by atoms with Crippen LogP contribution < -0.4 is 5.73 Å². The van der Waals surface area contributed by atoms with Crippen LogP contribution in [0.25, 0.3) is 0 Å². The fourth-order valence-electron chi connectivity index (χ4n) is 1.19. The number of benzene rings is 1. The van der Waals surface area contributed by atoms with E-state index in [4.69, 9.17) is 34.0 Å². The highest BCUT2D eigenvalue weighted by atomic mass is 35.5. The van der Waals surface area contributed by atoms with Gasteiger partial charge in [-0.25, -0.2) is 0 Å². The van der Waals surface area contributed by atoms with Gasteiger partial charge in [0, 0.05) is 10.0 Å².